The molecule has 0 bridgehead atoms. The van der Waals surface area contributed by atoms with Gasteiger partial charge in [0.25, 0.3) is 0 Å². The number of ether oxygens (including phenoxy) is 1. The first kappa shape index (κ1) is 19.3. The van der Waals surface area contributed by atoms with Gasteiger partial charge in [0, 0.05) is 10.0 Å². The first-order chi connectivity index (χ1) is 12.9. The van der Waals surface area contributed by atoms with Crippen molar-refractivity contribution in [2.45, 2.75) is 19.9 Å². The highest BCUT2D eigenvalue weighted by atomic mass is 35.5. The van der Waals surface area contributed by atoms with Crippen LogP contribution in [0.25, 0.3) is 5.70 Å². The molecule has 1 unspecified atom stereocenters. The first-order valence-corrected chi connectivity index (χ1v) is 9.19. The van der Waals surface area contributed by atoms with Crippen LogP contribution in [0.2, 0.25) is 10.0 Å². The predicted octanol–water partition coefficient (Wildman–Crippen LogP) is 4.24. The number of hydrogen-bond acceptors (Lipinski definition) is 5. The van der Waals surface area contributed by atoms with E-state index in [4.69, 9.17) is 33.7 Å². The lowest BCUT2D eigenvalue weighted by Crippen LogP contribution is -2.37. The Kier molecular flexibility index (Phi) is 5.73. The average Bonchev–Trinajstić information content (AvgIpc) is 2.60. The van der Waals surface area contributed by atoms with Gasteiger partial charge in [-0.3, -0.25) is 0 Å². The topological polar surface area (TPSA) is 76.7 Å². The van der Waals surface area contributed by atoms with Crippen LogP contribution in [0.3, 0.4) is 0 Å². The summed E-state index contributed by atoms with van der Waals surface area (Å²) in [5.74, 6) is -0.278. The van der Waals surface area contributed by atoms with E-state index in [1.165, 1.54) is 0 Å². The van der Waals surface area contributed by atoms with Crippen LogP contribution in [-0.4, -0.2) is 18.5 Å². The second-order valence-corrected chi connectivity index (χ2v) is 7.00. The molecule has 7 heteroatoms. The van der Waals surface area contributed by atoms with Gasteiger partial charge in [0.05, 0.1) is 17.9 Å². The van der Waals surface area contributed by atoms with Crippen LogP contribution in [-0.2, 0) is 9.53 Å². The summed E-state index contributed by atoms with van der Waals surface area (Å²) in [4.78, 5) is 17.3. The largest absolute Gasteiger partial charge is 0.463 e. The van der Waals surface area contributed by atoms with Gasteiger partial charge < -0.3 is 15.8 Å². The lowest BCUT2D eigenvalue weighted by Gasteiger charge is -2.26. The number of aliphatic imine (C=N–C) groups is 1. The molecule has 2 aromatic rings. The van der Waals surface area contributed by atoms with E-state index in [9.17, 15) is 4.79 Å². The highest BCUT2D eigenvalue weighted by Crippen LogP contribution is 2.36. The normalized spacial score (nSPS) is 16.6. The molecule has 0 amide bonds. The summed E-state index contributed by atoms with van der Waals surface area (Å²) in [6.07, 6.45) is 0. The van der Waals surface area contributed by atoms with Crippen molar-refractivity contribution in [2.75, 3.05) is 6.61 Å². The molecule has 140 valence electrons. The maximum absolute atomic E-state index is 12.8. The Labute approximate surface area is 167 Å². The summed E-state index contributed by atoms with van der Waals surface area (Å²) in [7, 11) is 0. The molecule has 2 aromatic carbocycles. The van der Waals surface area contributed by atoms with Gasteiger partial charge in [-0.1, -0.05) is 47.0 Å². The Morgan fingerprint density at radius 1 is 1.22 bits per heavy atom. The molecular formula is C20H19Cl2N3O2. The molecule has 0 aromatic heterocycles. The molecule has 1 aliphatic heterocycles. The smallest absolute Gasteiger partial charge is 0.338 e. The van der Waals surface area contributed by atoms with Crippen molar-refractivity contribution in [3.05, 3.63) is 74.8 Å². The molecule has 1 atom stereocenters. The summed E-state index contributed by atoms with van der Waals surface area (Å²) in [6.45, 7) is 3.97. The minimum Gasteiger partial charge on any atom is -0.463 e. The molecule has 1 heterocycles. The molecule has 0 saturated carbocycles. The standard InChI is InChI=1S/C20H19Cl2N3O2/c1-3-27-19(26)16-17(12-6-4-5-11(2)7-12)24-20(23)25-18(16)13-8-14(21)10-15(22)9-13/h4-10,18H,3H2,1-2H3,(H3,23,24,25). The number of halogens is 2. The van der Waals surface area contributed by atoms with Crippen molar-refractivity contribution < 1.29 is 9.53 Å². The third kappa shape index (κ3) is 4.26. The second kappa shape index (κ2) is 8.03. The van der Waals surface area contributed by atoms with Gasteiger partial charge in [-0.05, 0) is 49.2 Å². The molecule has 5 nitrogen and oxygen atoms in total. The van der Waals surface area contributed by atoms with Crippen molar-refractivity contribution in [1.82, 2.24) is 5.32 Å². The lowest BCUT2D eigenvalue weighted by molar-refractivity contribution is -0.138. The van der Waals surface area contributed by atoms with E-state index >= 15 is 0 Å². The zero-order chi connectivity index (χ0) is 19.6. The van der Waals surface area contributed by atoms with Gasteiger partial charge in [-0.25, -0.2) is 9.79 Å². The number of carbonyl (C=O) groups is 1. The van der Waals surface area contributed by atoms with Crippen LogP contribution in [0.15, 0.2) is 53.0 Å². The van der Waals surface area contributed by atoms with Gasteiger partial charge >= 0.3 is 5.97 Å². The van der Waals surface area contributed by atoms with Crippen LogP contribution in [0.1, 0.15) is 29.7 Å². The molecule has 0 fully saturated rings. The Morgan fingerprint density at radius 2 is 1.93 bits per heavy atom. The van der Waals surface area contributed by atoms with E-state index in [1.807, 2.05) is 31.2 Å². The number of nitrogens with two attached hydrogens (primary N) is 1. The molecule has 0 spiro atoms. The fourth-order valence-corrected chi connectivity index (χ4v) is 3.54. The van der Waals surface area contributed by atoms with E-state index in [0.29, 0.717) is 26.9 Å². The van der Waals surface area contributed by atoms with E-state index in [2.05, 4.69) is 10.3 Å². The SMILES string of the molecule is CCOC(=O)C1=C(c2cccc(C)c2)NC(N)=NC1c1cc(Cl)cc(Cl)c1. The highest BCUT2D eigenvalue weighted by Gasteiger charge is 2.32. The van der Waals surface area contributed by atoms with Crippen molar-refractivity contribution in [1.29, 1.82) is 0 Å². The number of nitrogens with one attached hydrogen (secondary N) is 1. The van der Waals surface area contributed by atoms with E-state index < -0.39 is 12.0 Å². The minimum atomic E-state index is -0.683. The Morgan fingerprint density at radius 3 is 2.56 bits per heavy atom. The molecule has 1 aliphatic rings. The van der Waals surface area contributed by atoms with Crippen LogP contribution in [0.5, 0.6) is 0 Å². The summed E-state index contributed by atoms with van der Waals surface area (Å²) >= 11 is 12.3. The van der Waals surface area contributed by atoms with Gasteiger partial charge in [0.15, 0.2) is 5.96 Å². The molecule has 0 saturated heterocycles. The monoisotopic (exact) mass is 403 g/mol. The van der Waals surface area contributed by atoms with E-state index in [0.717, 1.165) is 11.1 Å². The van der Waals surface area contributed by atoms with Crippen LogP contribution >= 0.6 is 23.2 Å². The number of guanidine groups is 1. The lowest BCUT2D eigenvalue weighted by atomic mass is 9.93. The highest BCUT2D eigenvalue weighted by molar-refractivity contribution is 6.34. The molecule has 0 radical (unpaired) electrons. The van der Waals surface area contributed by atoms with Gasteiger partial charge in [-0.2, -0.15) is 0 Å². The van der Waals surface area contributed by atoms with Crippen LogP contribution in [0, 0.1) is 6.92 Å². The average molecular weight is 404 g/mol. The van der Waals surface area contributed by atoms with Crippen molar-refractivity contribution in [3.8, 4) is 0 Å². The summed E-state index contributed by atoms with van der Waals surface area (Å²) in [6, 6.07) is 12.1. The van der Waals surface area contributed by atoms with Crippen LogP contribution < -0.4 is 11.1 Å². The van der Waals surface area contributed by atoms with Crippen molar-refractivity contribution in [2.24, 2.45) is 10.7 Å². The Bertz CT molecular complexity index is 934. The number of benzene rings is 2. The zero-order valence-electron chi connectivity index (χ0n) is 14.9. The second-order valence-electron chi connectivity index (χ2n) is 6.12. The Balaban J connectivity index is 2.22. The van der Waals surface area contributed by atoms with E-state index in [1.54, 1.807) is 25.1 Å². The number of esters is 1. The fraction of sp³-hybridized carbons (Fsp3) is 0.200. The molecular weight excluding hydrogens is 385 g/mol. The number of rotatable bonds is 4. The number of nitrogens with zero attached hydrogens (tertiary/aromatic N) is 1. The number of carbonyl (C=O) groups excluding carboxylic acids is 1. The molecule has 3 N–H and O–H groups in total. The van der Waals surface area contributed by atoms with Crippen molar-refractivity contribution in [3.63, 3.8) is 0 Å². The van der Waals surface area contributed by atoms with Gasteiger partial charge in [0.2, 0.25) is 0 Å². The number of hydrogen-bond donors (Lipinski definition) is 2. The van der Waals surface area contributed by atoms with Gasteiger partial charge in [0.1, 0.15) is 6.04 Å². The molecule has 0 aliphatic carbocycles. The zero-order valence-corrected chi connectivity index (χ0v) is 16.4. The number of aryl methyl sites for hydroxylation is 1. The maximum atomic E-state index is 12.8. The predicted molar refractivity (Wildman–Crippen MR) is 109 cm³/mol. The summed E-state index contributed by atoms with van der Waals surface area (Å²) < 4.78 is 5.30. The summed E-state index contributed by atoms with van der Waals surface area (Å²) in [5.41, 5.74) is 9.47. The Hall–Kier alpha value is -2.50. The molecule has 27 heavy (non-hydrogen) atoms. The van der Waals surface area contributed by atoms with Crippen molar-refractivity contribution >= 4 is 40.8 Å². The third-order valence-corrected chi connectivity index (χ3v) is 4.50. The quantitative estimate of drug-likeness (QED) is 0.748. The summed E-state index contributed by atoms with van der Waals surface area (Å²) in [5, 5.41) is 3.92. The van der Waals surface area contributed by atoms with Gasteiger partial charge in [-0.15, -0.1) is 0 Å². The van der Waals surface area contributed by atoms with E-state index in [-0.39, 0.29) is 12.6 Å². The fourth-order valence-electron chi connectivity index (χ4n) is 2.99. The maximum Gasteiger partial charge on any atom is 0.338 e. The van der Waals surface area contributed by atoms with Crippen LogP contribution in [0.4, 0.5) is 0 Å². The third-order valence-electron chi connectivity index (χ3n) is 4.07. The molecule has 3 rings (SSSR count). The minimum absolute atomic E-state index is 0.195. The first-order valence-electron chi connectivity index (χ1n) is 8.43.